The highest BCUT2D eigenvalue weighted by molar-refractivity contribution is 9.11. The van der Waals surface area contributed by atoms with Gasteiger partial charge in [-0.25, -0.2) is 0 Å². The minimum absolute atomic E-state index is 0.0591. The summed E-state index contributed by atoms with van der Waals surface area (Å²) < 4.78 is 1.14. The molecule has 0 aliphatic carbocycles. The van der Waals surface area contributed by atoms with Crippen LogP contribution >= 0.6 is 38.9 Å². The molecule has 0 N–H and O–H groups in total. The van der Waals surface area contributed by atoms with Crippen molar-refractivity contribution in [1.82, 2.24) is 0 Å². The van der Waals surface area contributed by atoms with Crippen LogP contribution in [0.2, 0.25) is 0 Å². The second-order valence-electron chi connectivity index (χ2n) is 4.35. The Balaban J connectivity index is 2.43. The zero-order valence-electron chi connectivity index (χ0n) is 10.1. The molecule has 0 aliphatic heterocycles. The van der Waals surface area contributed by atoms with Crippen molar-refractivity contribution in [2.75, 3.05) is 0 Å². The fraction of sp³-hybridized carbons (Fsp3) is 0.286. The number of hydrogen-bond acceptors (Lipinski definition) is 1. The van der Waals surface area contributed by atoms with Crippen molar-refractivity contribution < 1.29 is 0 Å². The van der Waals surface area contributed by atoms with Crippen LogP contribution in [-0.4, -0.2) is 0 Å². The maximum absolute atomic E-state index is 6.58. The molecule has 17 heavy (non-hydrogen) atoms. The van der Waals surface area contributed by atoms with Crippen LogP contribution in [0, 0.1) is 20.8 Å². The quantitative estimate of drug-likeness (QED) is 0.614. The molecule has 1 aromatic carbocycles. The molecule has 3 heteroatoms. The maximum Gasteiger partial charge on any atom is 0.0846 e. The fourth-order valence-corrected chi connectivity index (χ4v) is 4.21. The van der Waals surface area contributed by atoms with E-state index >= 15 is 0 Å². The largest absolute Gasteiger partial charge is 0.133 e. The van der Waals surface area contributed by atoms with Gasteiger partial charge in [-0.15, -0.1) is 22.9 Å². The SMILES string of the molecule is Cc1cc(C)cc(C(Cl)c2cc(Br)sc2C)c1. The van der Waals surface area contributed by atoms with Crippen LogP contribution in [0.4, 0.5) is 0 Å². The molecule has 1 heterocycles. The lowest BCUT2D eigenvalue weighted by atomic mass is 10.0. The molecule has 0 bridgehead atoms. The van der Waals surface area contributed by atoms with Crippen LogP contribution in [0.25, 0.3) is 0 Å². The third kappa shape index (κ3) is 2.93. The topological polar surface area (TPSA) is 0 Å². The number of aryl methyl sites for hydroxylation is 3. The van der Waals surface area contributed by atoms with Crippen molar-refractivity contribution in [3.8, 4) is 0 Å². The van der Waals surface area contributed by atoms with Crippen LogP contribution in [0.1, 0.15) is 32.5 Å². The zero-order valence-corrected chi connectivity index (χ0v) is 13.2. The van der Waals surface area contributed by atoms with Crippen molar-refractivity contribution in [2.45, 2.75) is 26.1 Å². The Morgan fingerprint density at radius 2 is 1.65 bits per heavy atom. The Kier molecular flexibility index (Phi) is 3.96. The average molecular weight is 330 g/mol. The molecule has 2 rings (SSSR count). The van der Waals surface area contributed by atoms with Crippen molar-refractivity contribution in [3.05, 3.63) is 55.2 Å². The van der Waals surface area contributed by atoms with Crippen molar-refractivity contribution >= 4 is 38.9 Å². The number of benzene rings is 1. The number of thiophene rings is 1. The molecule has 0 fully saturated rings. The van der Waals surface area contributed by atoms with Gasteiger partial charge in [0.05, 0.1) is 9.16 Å². The van der Waals surface area contributed by atoms with E-state index in [0.717, 1.165) is 3.79 Å². The lowest BCUT2D eigenvalue weighted by Crippen LogP contribution is -1.94. The highest BCUT2D eigenvalue weighted by Crippen LogP contribution is 2.37. The van der Waals surface area contributed by atoms with Gasteiger partial charge in [-0.2, -0.15) is 0 Å². The Morgan fingerprint density at radius 1 is 1.06 bits per heavy atom. The van der Waals surface area contributed by atoms with E-state index in [0.29, 0.717) is 0 Å². The molecular formula is C14H14BrClS. The first-order chi connectivity index (χ1) is 7.97. The van der Waals surface area contributed by atoms with Gasteiger partial charge < -0.3 is 0 Å². The second kappa shape index (κ2) is 5.13. The summed E-state index contributed by atoms with van der Waals surface area (Å²) in [5.74, 6) is 0. The zero-order chi connectivity index (χ0) is 12.6. The van der Waals surface area contributed by atoms with E-state index in [1.165, 1.54) is 27.1 Å². The smallest absolute Gasteiger partial charge is 0.0846 e. The molecule has 90 valence electrons. The normalized spacial score (nSPS) is 12.8. The van der Waals surface area contributed by atoms with Crippen LogP contribution in [0.5, 0.6) is 0 Å². The van der Waals surface area contributed by atoms with Crippen LogP contribution in [0.15, 0.2) is 28.1 Å². The third-order valence-electron chi connectivity index (χ3n) is 2.74. The Hall–Kier alpha value is -0.310. The highest BCUT2D eigenvalue weighted by atomic mass is 79.9. The molecule has 1 aromatic heterocycles. The van der Waals surface area contributed by atoms with Crippen molar-refractivity contribution in [3.63, 3.8) is 0 Å². The molecular weight excluding hydrogens is 316 g/mol. The summed E-state index contributed by atoms with van der Waals surface area (Å²) in [4.78, 5) is 1.27. The Labute approximate surface area is 120 Å². The Morgan fingerprint density at radius 3 is 2.12 bits per heavy atom. The number of hydrogen-bond donors (Lipinski definition) is 0. The van der Waals surface area contributed by atoms with Gasteiger partial charge in [0.15, 0.2) is 0 Å². The monoisotopic (exact) mass is 328 g/mol. The van der Waals surface area contributed by atoms with Crippen molar-refractivity contribution in [1.29, 1.82) is 0 Å². The van der Waals surface area contributed by atoms with Crippen LogP contribution < -0.4 is 0 Å². The van der Waals surface area contributed by atoms with Crippen LogP contribution in [-0.2, 0) is 0 Å². The molecule has 0 radical (unpaired) electrons. The molecule has 0 amide bonds. The van der Waals surface area contributed by atoms with E-state index in [2.05, 4.69) is 61.0 Å². The molecule has 0 aliphatic rings. The predicted octanol–water partition coefficient (Wildman–Crippen LogP) is 5.76. The van der Waals surface area contributed by atoms with E-state index in [-0.39, 0.29) is 5.38 Å². The first-order valence-corrected chi connectivity index (χ1v) is 7.50. The van der Waals surface area contributed by atoms with Crippen molar-refractivity contribution in [2.24, 2.45) is 0 Å². The number of halogens is 2. The highest BCUT2D eigenvalue weighted by Gasteiger charge is 2.16. The van der Waals surface area contributed by atoms with Gasteiger partial charge in [0.2, 0.25) is 0 Å². The first-order valence-electron chi connectivity index (χ1n) is 5.45. The summed E-state index contributed by atoms with van der Waals surface area (Å²) in [6.45, 7) is 6.33. The van der Waals surface area contributed by atoms with E-state index in [9.17, 15) is 0 Å². The summed E-state index contributed by atoms with van der Waals surface area (Å²) in [6.07, 6.45) is 0. The van der Waals surface area contributed by atoms with Gasteiger partial charge in [0.25, 0.3) is 0 Å². The number of rotatable bonds is 2. The lowest BCUT2D eigenvalue weighted by molar-refractivity contribution is 1.12. The lowest BCUT2D eigenvalue weighted by Gasteiger charge is -2.11. The minimum Gasteiger partial charge on any atom is -0.133 e. The van der Waals surface area contributed by atoms with Gasteiger partial charge in [-0.05, 0) is 53.9 Å². The third-order valence-corrected chi connectivity index (χ3v) is 4.79. The van der Waals surface area contributed by atoms with Gasteiger partial charge >= 0.3 is 0 Å². The molecule has 1 unspecified atom stereocenters. The van der Waals surface area contributed by atoms with E-state index < -0.39 is 0 Å². The molecule has 2 aromatic rings. The number of alkyl halides is 1. The van der Waals surface area contributed by atoms with Crippen LogP contribution in [0.3, 0.4) is 0 Å². The standard InChI is InChI=1S/C14H14BrClS/c1-8-4-9(2)6-11(5-8)14(16)12-7-13(15)17-10(12)3/h4-7,14H,1-3H3. The average Bonchev–Trinajstić information content (AvgIpc) is 2.55. The molecule has 0 saturated carbocycles. The van der Waals surface area contributed by atoms with Gasteiger partial charge in [-0.3, -0.25) is 0 Å². The predicted molar refractivity (Wildman–Crippen MR) is 80.4 cm³/mol. The summed E-state index contributed by atoms with van der Waals surface area (Å²) in [7, 11) is 0. The molecule has 0 nitrogen and oxygen atoms in total. The summed E-state index contributed by atoms with van der Waals surface area (Å²) in [6, 6.07) is 8.62. The maximum atomic E-state index is 6.58. The summed E-state index contributed by atoms with van der Waals surface area (Å²) >= 11 is 11.8. The van der Waals surface area contributed by atoms with Gasteiger partial charge in [0, 0.05) is 4.88 Å². The molecule has 0 saturated heterocycles. The summed E-state index contributed by atoms with van der Waals surface area (Å²) in [5, 5.41) is -0.0591. The summed E-state index contributed by atoms with van der Waals surface area (Å²) in [5.41, 5.74) is 4.90. The van der Waals surface area contributed by atoms with E-state index in [1.807, 2.05) is 0 Å². The van der Waals surface area contributed by atoms with E-state index in [4.69, 9.17) is 11.6 Å². The molecule has 0 spiro atoms. The first kappa shape index (κ1) is 13.1. The molecule has 1 atom stereocenters. The fourth-order valence-electron chi connectivity index (χ4n) is 2.05. The minimum atomic E-state index is -0.0591. The van der Waals surface area contributed by atoms with E-state index in [1.54, 1.807) is 11.3 Å². The van der Waals surface area contributed by atoms with Gasteiger partial charge in [0.1, 0.15) is 0 Å². The second-order valence-corrected chi connectivity index (χ2v) is 7.42. The Bertz CT molecular complexity index is 525. The van der Waals surface area contributed by atoms with Gasteiger partial charge in [-0.1, -0.05) is 29.3 Å².